The van der Waals surface area contributed by atoms with Gasteiger partial charge in [-0.05, 0) is 19.8 Å². The highest BCUT2D eigenvalue weighted by Gasteiger charge is 1.97. The van der Waals surface area contributed by atoms with Gasteiger partial charge in [0.05, 0.1) is 6.20 Å². The average molecular weight is 196 g/mol. The van der Waals surface area contributed by atoms with Crippen molar-refractivity contribution in [1.82, 2.24) is 9.78 Å². The molecule has 4 heteroatoms. The highest BCUT2D eigenvalue weighted by molar-refractivity contribution is 5.32. The first-order valence-electron chi connectivity index (χ1n) is 5.17. The number of rotatable bonds is 6. The molecule has 0 amide bonds. The van der Waals surface area contributed by atoms with E-state index in [1.807, 2.05) is 17.8 Å². The summed E-state index contributed by atoms with van der Waals surface area (Å²) < 4.78 is 1.84. The lowest BCUT2D eigenvalue weighted by Crippen LogP contribution is -2.15. The summed E-state index contributed by atoms with van der Waals surface area (Å²) in [5.74, 6) is 1.07. The summed E-state index contributed by atoms with van der Waals surface area (Å²) in [7, 11) is 1.93. The number of anilines is 1. The third kappa shape index (κ3) is 3.79. The van der Waals surface area contributed by atoms with Crippen LogP contribution < -0.4 is 11.1 Å². The summed E-state index contributed by atoms with van der Waals surface area (Å²) in [6, 6.07) is 2.30. The van der Waals surface area contributed by atoms with Crippen LogP contribution in [0.2, 0.25) is 0 Å². The van der Waals surface area contributed by atoms with Crippen molar-refractivity contribution in [3.05, 3.63) is 12.3 Å². The maximum Gasteiger partial charge on any atom is 0.123 e. The van der Waals surface area contributed by atoms with Gasteiger partial charge in [-0.1, -0.05) is 6.42 Å². The summed E-state index contributed by atoms with van der Waals surface area (Å²) >= 11 is 0. The fourth-order valence-electron chi connectivity index (χ4n) is 1.36. The Morgan fingerprint density at radius 1 is 1.57 bits per heavy atom. The Morgan fingerprint density at radius 3 is 2.93 bits per heavy atom. The van der Waals surface area contributed by atoms with Gasteiger partial charge in [-0.2, -0.15) is 5.10 Å². The molecule has 1 heterocycles. The first-order chi connectivity index (χ1) is 6.70. The van der Waals surface area contributed by atoms with Gasteiger partial charge in [0.15, 0.2) is 0 Å². The molecule has 0 aliphatic rings. The lowest BCUT2D eigenvalue weighted by molar-refractivity contribution is 0.606. The summed E-state index contributed by atoms with van der Waals surface area (Å²) in [6.45, 7) is 3.04. The Morgan fingerprint density at radius 2 is 2.36 bits per heavy atom. The van der Waals surface area contributed by atoms with Crippen molar-refractivity contribution in [3.8, 4) is 0 Å². The van der Waals surface area contributed by atoms with E-state index in [1.165, 1.54) is 6.42 Å². The van der Waals surface area contributed by atoms with Crippen LogP contribution in [0.3, 0.4) is 0 Å². The number of nitrogens with one attached hydrogen (secondary N) is 1. The predicted octanol–water partition coefficient (Wildman–Crippen LogP) is 1.35. The zero-order valence-corrected chi connectivity index (χ0v) is 9.03. The van der Waals surface area contributed by atoms with Crippen LogP contribution in [0.1, 0.15) is 26.2 Å². The molecule has 0 aliphatic heterocycles. The van der Waals surface area contributed by atoms with Crippen LogP contribution in [0.15, 0.2) is 12.3 Å². The number of hydrogen-bond acceptors (Lipinski definition) is 3. The molecule has 14 heavy (non-hydrogen) atoms. The summed E-state index contributed by atoms with van der Waals surface area (Å²) in [4.78, 5) is 0. The van der Waals surface area contributed by atoms with Gasteiger partial charge in [-0.3, -0.25) is 4.68 Å². The minimum atomic E-state index is 0.326. The summed E-state index contributed by atoms with van der Waals surface area (Å²) in [6.07, 6.45) is 5.24. The van der Waals surface area contributed by atoms with Crippen molar-refractivity contribution in [2.24, 2.45) is 12.8 Å². The van der Waals surface area contributed by atoms with Gasteiger partial charge in [0.1, 0.15) is 5.82 Å². The van der Waals surface area contributed by atoms with E-state index in [0.717, 1.165) is 25.2 Å². The summed E-state index contributed by atoms with van der Waals surface area (Å²) in [5, 5.41) is 7.40. The molecule has 0 aliphatic carbocycles. The smallest absolute Gasteiger partial charge is 0.123 e. The maximum atomic E-state index is 5.66. The Kier molecular flexibility index (Phi) is 4.46. The van der Waals surface area contributed by atoms with E-state index < -0.39 is 0 Å². The molecular formula is C10H20N4. The number of nitrogens with zero attached hydrogens (tertiary/aromatic N) is 2. The minimum Gasteiger partial charge on any atom is -0.370 e. The van der Waals surface area contributed by atoms with Gasteiger partial charge in [0.2, 0.25) is 0 Å². The van der Waals surface area contributed by atoms with Crippen LogP contribution in [-0.4, -0.2) is 22.4 Å². The number of aromatic nitrogens is 2. The fraction of sp³-hybridized carbons (Fsp3) is 0.700. The second kappa shape index (κ2) is 5.65. The molecule has 1 rings (SSSR count). The molecule has 4 nitrogen and oxygen atoms in total. The van der Waals surface area contributed by atoms with Gasteiger partial charge < -0.3 is 11.1 Å². The molecule has 80 valence electrons. The fourth-order valence-corrected chi connectivity index (χ4v) is 1.36. The Balaban J connectivity index is 2.08. The summed E-state index contributed by atoms with van der Waals surface area (Å²) in [5.41, 5.74) is 5.66. The van der Waals surface area contributed by atoms with E-state index >= 15 is 0 Å². The molecule has 1 aromatic rings. The minimum absolute atomic E-state index is 0.326. The van der Waals surface area contributed by atoms with E-state index in [0.29, 0.717) is 6.04 Å². The highest BCUT2D eigenvalue weighted by Crippen LogP contribution is 2.04. The van der Waals surface area contributed by atoms with E-state index in [4.69, 9.17) is 5.73 Å². The average Bonchev–Trinajstić information content (AvgIpc) is 2.51. The number of hydrogen-bond donors (Lipinski definition) is 2. The van der Waals surface area contributed by atoms with Crippen molar-refractivity contribution in [1.29, 1.82) is 0 Å². The van der Waals surface area contributed by atoms with Crippen molar-refractivity contribution in [3.63, 3.8) is 0 Å². The van der Waals surface area contributed by atoms with Gasteiger partial charge in [0.25, 0.3) is 0 Å². The third-order valence-corrected chi connectivity index (χ3v) is 2.21. The zero-order chi connectivity index (χ0) is 10.4. The molecule has 0 radical (unpaired) electrons. The first-order valence-corrected chi connectivity index (χ1v) is 5.17. The molecule has 0 saturated carbocycles. The Labute approximate surface area is 85.5 Å². The molecule has 3 N–H and O–H groups in total. The SMILES string of the molecule is CC(N)CCCCNc1ccnn1C. The Hall–Kier alpha value is -1.03. The van der Waals surface area contributed by atoms with Crippen LogP contribution in [0, 0.1) is 0 Å². The second-order valence-corrected chi connectivity index (χ2v) is 3.74. The van der Waals surface area contributed by atoms with Gasteiger partial charge >= 0.3 is 0 Å². The molecule has 0 fully saturated rings. The number of aryl methyl sites for hydroxylation is 1. The highest BCUT2D eigenvalue weighted by atomic mass is 15.3. The molecule has 0 aromatic carbocycles. The molecule has 1 unspecified atom stereocenters. The van der Waals surface area contributed by atoms with E-state index in [-0.39, 0.29) is 0 Å². The quantitative estimate of drug-likeness (QED) is 0.675. The van der Waals surface area contributed by atoms with Crippen molar-refractivity contribution >= 4 is 5.82 Å². The lowest BCUT2D eigenvalue weighted by Gasteiger charge is -2.07. The monoisotopic (exact) mass is 196 g/mol. The van der Waals surface area contributed by atoms with Crippen LogP contribution in [0.4, 0.5) is 5.82 Å². The number of nitrogens with two attached hydrogens (primary N) is 1. The normalized spacial score (nSPS) is 12.8. The molecule has 0 saturated heterocycles. The molecular weight excluding hydrogens is 176 g/mol. The van der Waals surface area contributed by atoms with Gasteiger partial charge in [0, 0.05) is 25.7 Å². The molecule has 1 aromatic heterocycles. The van der Waals surface area contributed by atoms with E-state index in [1.54, 1.807) is 6.20 Å². The topological polar surface area (TPSA) is 55.9 Å². The largest absolute Gasteiger partial charge is 0.370 e. The van der Waals surface area contributed by atoms with E-state index in [9.17, 15) is 0 Å². The second-order valence-electron chi connectivity index (χ2n) is 3.74. The zero-order valence-electron chi connectivity index (χ0n) is 9.03. The van der Waals surface area contributed by atoms with Crippen LogP contribution in [-0.2, 0) is 7.05 Å². The van der Waals surface area contributed by atoms with Crippen LogP contribution in [0.25, 0.3) is 0 Å². The standard InChI is InChI=1S/C10H20N4/c1-9(11)5-3-4-7-12-10-6-8-13-14(10)2/h6,8-9,12H,3-5,7,11H2,1-2H3. The van der Waals surface area contributed by atoms with Crippen molar-refractivity contribution < 1.29 is 0 Å². The molecule has 1 atom stereocenters. The first kappa shape index (κ1) is 11.0. The molecule has 0 spiro atoms. The van der Waals surface area contributed by atoms with E-state index in [2.05, 4.69) is 17.3 Å². The van der Waals surface area contributed by atoms with Gasteiger partial charge in [-0.25, -0.2) is 0 Å². The molecule has 0 bridgehead atoms. The van der Waals surface area contributed by atoms with Crippen LogP contribution >= 0.6 is 0 Å². The van der Waals surface area contributed by atoms with Crippen LogP contribution in [0.5, 0.6) is 0 Å². The number of unbranched alkanes of at least 4 members (excludes halogenated alkanes) is 1. The maximum absolute atomic E-state index is 5.66. The predicted molar refractivity (Wildman–Crippen MR) is 59.2 cm³/mol. The van der Waals surface area contributed by atoms with Crippen molar-refractivity contribution in [2.75, 3.05) is 11.9 Å². The third-order valence-electron chi connectivity index (χ3n) is 2.21. The lowest BCUT2D eigenvalue weighted by atomic mass is 10.1. The van der Waals surface area contributed by atoms with Gasteiger partial charge in [-0.15, -0.1) is 0 Å². The Bertz CT molecular complexity index is 254. The van der Waals surface area contributed by atoms with Crippen molar-refractivity contribution in [2.45, 2.75) is 32.2 Å².